The summed E-state index contributed by atoms with van der Waals surface area (Å²) in [5, 5.41) is 10.1. The topological polar surface area (TPSA) is 121 Å². The van der Waals surface area contributed by atoms with Crippen molar-refractivity contribution in [1.29, 1.82) is 0 Å². The van der Waals surface area contributed by atoms with Crippen molar-refractivity contribution in [3.05, 3.63) is 59.3 Å². The van der Waals surface area contributed by atoms with Gasteiger partial charge in [0.05, 0.1) is 18.3 Å². The molecule has 36 heavy (non-hydrogen) atoms. The van der Waals surface area contributed by atoms with Crippen LogP contribution in [0.15, 0.2) is 44.9 Å². The summed E-state index contributed by atoms with van der Waals surface area (Å²) in [6.07, 6.45) is 6.97. The maximum atomic E-state index is 14.5. The monoisotopic (exact) mass is 503 g/mol. The van der Waals surface area contributed by atoms with Crippen LogP contribution in [0.1, 0.15) is 47.8 Å². The van der Waals surface area contributed by atoms with Crippen LogP contribution in [-0.2, 0) is 6.54 Å². The Kier molecular flexibility index (Phi) is 9.51. The van der Waals surface area contributed by atoms with Crippen LogP contribution in [-0.4, -0.2) is 53.1 Å². The van der Waals surface area contributed by atoms with Gasteiger partial charge >= 0.3 is 0 Å². The van der Waals surface area contributed by atoms with Crippen LogP contribution < -0.4 is 10.6 Å². The number of hydrogen-bond donors (Lipinski definition) is 3. The fourth-order valence-corrected chi connectivity index (χ4v) is 3.98. The van der Waals surface area contributed by atoms with E-state index in [2.05, 4.69) is 47.0 Å². The van der Waals surface area contributed by atoms with Crippen molar-refractivity contribution in [3.63, 3.8) is 0 Å². The van der Waals surface area contributed by atoms with Crippen molar-refractivity contribution < 1.29 is 22.5 Å². The Balaban J connectivity index is 0.000000383. The first-order valence-corrected chi connectivity index (χ1v) is 11.3. The van der Waals surface area contributed by atoms with E-state index in [0.717, 1.165) is 37.9 Å². The van der Waals surface area contributed by atoms with Crippen molar-refractivity contribution in [3.8, 4) is 0 Å². The number of nitrogens with one attached hydrogen (secondary N) is 3. The van der Waals surface area contributed by atoms with E-state index < -0.39 is 17.5 Å². The van der Waals surface area contributed by atoms with Gasteiger partial charge in [0.1, 0.15) is 11.6 Å². The normalized spacial score (nSPS) is 18.5. The highest BCUT2D eigenvalue weighted by Crippen LogP contribution is 2.24. The van der Waals surface area contributed by atoms with Crippen molar-refractivity contribution in [1.82, 2.24) is 25.8 Å². The molecule has 0 bridgehead atoms. The zero-order valence-corrected chi connectivity index (χ0v) is 20.0. The molecule has 1 aliphatic rings. The number of carbonyl (C=O) groups is 1. The summed E-state index contributed by atoms with van der Waals surface area (Å²) in [7, 11) is 1.92. The molecule has 1 saturated carbocycles. The number of carbonyl (C=O) groups excluding carboxylic acids is 1. The molecule has 2 atom stereocenters. The molecule has 2 aromatic heterocycles. The van der Waals surface area contributed by atoms with E-state index in [0.29, 0.717) is 29.2 Å². The van der Waals surface area contributed by atoms with Crippen molar-refractivity contribution in [2.75, 3.05) is 7.05 Å². The lowest BCUT2D eigenvalue weighted by Crippen LogP contribution is -2.43. The minimum absolute atomic E-state index is 0.0613. The van der Waals surface area contributed by atoms with Crippen molar-refractivity contribution >= 4 is 29.7 Å². The molecule has 0 spiro atoms. The fraction of sp³-hybridized carbons (Fsp3) is 0.375. The average molecular weight is 504 g/mol. The van der Waals surface area contributed by atoms with Gasteiger partial charge in [0, 0.05) is 36.7 Å². The molecule has 0 saturated heterocycles. The molecule has 1 aliphatic carbocycles. The standard InChI is InChI=1S/C20H24F3N5.C4H4N2O2/c1-24-11-18(23)20(28-15-5-3-4-14(8-15)25-2)27-10-12-9-26-19-16(12)6-13(21)7-17(19)22;1-3-5-4(2-7)6-8-3/h6-7,9,11,14-15,25-26H,1,3-5,8,10H2,2H3,(H,27,28);2H,1H3/b18-11+;/t14-,15+;/m1./s1. The number of aldehydes is 1. The van der Waals surface area contributed by atoms with Crippen molar-refractivity contribution in [2.45, 2.75) is 51.2 Å². The molecule has 3 N–H and O–H groups in total. The molecular formula is C24H28F3N7O2. The Morgan fingerprint density at radius 3 is 2.75 bits per heavy atom. The minimum atomic E-state index is -0.675. The van der Waals surface area contributed by atoms with Crippen LogP contribution in [0.2, 0.25) is 0 Å². The number of aromatic nitrogens is 3. The van der Waals surface area contributed by atoms with Gasteiger partial charge in [-0.15, -0.1) is 0 Å². The summed E-state index contributed by atoms with van der Waals surface area (Å²) in [5.74, 6) is -1.39. The number of halogens is 3. The van der Waals surface area contributed by atoms with Crippen LogP contribution in [0.3, 0.4) is 0 Å². The molecule has 1 fully saturated rings. The van der Waals surface area contributed by atoms with Crippen molar-refractivity contribution in [2.24, 2.45) is 9.98 Å². The van der Waals surface area contributed by atoms with Gasteiger partial charge in [0.2, 0.25) is 11.7 Å². The number of nitrogens with zero attached hydrogens (tertiary/aromatic N) is 4. The predicted molar refractivity (Wildman–Crippen MR) is 131 cm³/mol. The van der Waals surface area contributed by atoms with E-state index >= 15 is 0 Å². The first-order valence-electron chi connectivity index (χ1n) is 11.3. The van der Waals surface area contributed by atoms with Crippen LogP contribution in [0, 0.1) is 18.6 Å². The lowest BCUT2D eigenvalue weighted by atomic mass is 9.91. The molecule has 12 heteroatoms. The van der Waals surface area contributed by atoms with Gasteiger partial charge in [0.15, 0.2) is 17.9 Å². The smallest absolute Gasteiger partial charge is 0.235 e. The maximum absolute atomic E-state index is 14.5. The highest BCUT2D eigenvalue weighted by atomic mass is 19.1. The van der Waals surface area contributed by atoms with Gasteiger partial charge in [-0.05, 0) is 51.1 Å². The molecule has 0 amide bonds. The third kappa shape index (κ3) is 7.11. The maximum Gasteiger partial charge on any atom is 0.235 e. The molecule has 4 rings (SSSR count). The quantitative estimate of drug-likeness (QED) is 0.253. The lowest BCUT2D eigenvalue weighted by molar-refractivity contribution is 0.111. The van der Waals surface area contributed by atoms with Crippen LogP contribution in [0.5, 0.6) is 0 Å². The van der Waals surface area contributed by atoms with Gasteiger partial charge in [-0.3, -0.25) is 14.8 Å². The Labute approximate surface area is 206 Å². The second kappa shape index (κ2) is 12.8. The van der Waals surface area contributed by atoms with E-state index in [1.165, 1.54) is 6.07 Å². The molecule has 2 heterocycles. The number of benzene rings is 1. The van der Waals surface area contributed by atoms with E-state index in [1.54, 1.807) is 13.1 Å². The first kappa shape index (κ1) is 26.8. The van der Waals surface area contributed by atoms with Crippen LogP contribution >= 0.6 is 0 Å². The Hall–Kier alpha value is -3.80. The zero-order chi connectivity index (χ0) is 26.1. The Bertz CT molecular complexity index is 1250. The number of aromatic amines is 1. The van der Waals surface area contributed by atoms with Gasteiger partial charge in [-0.1, -0.05) is 5.16 Å². The highest BCUT2D eigenvalue weighted by Gasteiger charge is 2.22. The van der Waals surface area contributed by atoms with E-state index in [1.807, 2.05) is 7.05 Å². The molecule has 192 valence electrons. The second-order valence-electron chi connectivity index (χ2n) is 8.23. The molecule has 9 nitrogen and oxygen atoms in total. The minimum Gasteiger partial charge on any atom is -0.365 e. The molecular weight excluding hydrogens is 475 g/mol. The molecule has 3 aromatic rings. The third-order valence-corrected chi connectivity index (χ3v) is 5.70. The highest BCUT2D eigenvalue weighted by molar-refractivity contribution is 5.96. The lowest BCUT2D eigenvalue weighted by Gasteiger charge is -2.30. The molecule has 0 unspecified atom stereocenters. The summed E-state index contributed by atoms with van der Waals surface area (Å²) >= 11 is 0. The van der Waals surface area contributed by atoms with Gasteiger partial charge < -0.3 is 20.1 Å². The summed E-state index contributed by atoms with van der Waals surface area (Å²) in [6, 6.07) is 2.50. The summed E-state index contributed by atoms with van der Waals surface area (Å²) in [4.78, 5) is 24.0. The molecule has 1 aromatic carbocycles. The van der Waals surface area contributed by atoms with E-state index in [9.17, 15) is 18.0 Å². The van der Waals surface area contributed by atoms with E-state index in [4.69, 9.17) is 0 Å². The second-order valence-corrected chi connectivity index (χ2v) is 8.23. The van der Waals surface area contributed by atoms with Gasteiger partial charge in [-0.2, -0.15) is 4.98 Å². The zero-order valence-electron chi connectivity index (χ0n) is 20.0. The SMILES string of the molecule is C=N/C=C(/F)C(=NCc1c[nH]c2c(F)cc(F)cc12)N[C@H]1CCC[C@@H](NC)C1.Cc1nc(C=O)no1. The largest absolute Gasteiger partial charge is 0.365 e. The Morgan fingerprint density at radius 2 is 2.11 bits per heavy atom. The third-order valence-electron chi connectivity index (χ3n) is 5.70. The Morgan fingerprint density at radius 1 is 1.33 bits per heavy atom. The summed E-state index contributed by atoms with van der Waals surface area (Å²) in [6.45, 7) is 4.96. The van der Waals surface area contributed by atoms with Gasteiger partial charge in [0.25, 0.3) is 0 Å². The van der Waals surface area contributed by atoms with Crippen LogP contribution in [0.4, 0.5) is 13.2 Å². The number of hydrogen-bond acceptors (Lipinski definition) is 7. The number of aliphatic imine (C=N–C) groups is 2. The predicted octanol–water partition coefficient (Wildman–Crippen LogP) is 4.17. The van der Waals surface area contributed by atoms with Gasteiger partial charge in [-0.25, -0.2) is 13.2 Å². The number of rotatable bonds is 7. The number of amidine groups is 1. The average Bonchev–Trinajstić information content (AvgIpc) is 3.48. The summed E-state index contributed by atoms with van der Waals surface area (Å²) in [5.41, 5.74) is 0.776. The molecule has 0 radical (unpaired) electrons. The molecule has 0 aliphatic heterocycles. The van der Waals surface area contributed by atoms with E-state index in [-0.39, 0.29) is 29.8 Å². The summed E-state index contributed by atoms with van der Waals surface area (Å²) < 4.78 is 46.3. The number of aryl methyl sites for hydroxylation is 1. The number of H-pyrrole nitrogens is 1. The first-order chi connectivity index (χ1) is 17.3. The number of fused-ring (bicyclic) bond motifs is 1. The van der Waals surface area contributed by atoms with Crippen LogP contribution in [0.25, 0.3) is 10.9 Å². The fourth-order valence-electron chi connectivity index (χ4n) is 3.98.